The Balaban J connectivity index is 0. The maximum Gasteiger partial charge on any atom is 0.242 e. The van der Waals surface area contributed by atoms with Crippen LogP contribution >= 0.6 is 54.9 Å². The molecule has 1 saturated heterocycles. The van der Waals surface area contributed by atoms with Gasteiger partial charge in [-0.25, -0.2) is 0 Å². The maximum absolute atomic E-state index is 11.3. The van der Waals surface area contributed by atoms with E-state index in [2.05, 4.69) is 25.0 Å². The Labute approximate surface area is 137 Å². The summed E-state index contributed by atoms with van der Waals surface area (Å²) >= 11 is 1.45. The van der Waals surface area contributed by atoms with Crippen molar-refractivity contribution in [2.75, 3.05) is 37.8 Å². The standard InChI is InChI=1S/C7H11NO2S.2C2H6S2/c1-3-8-6(9)4-5(11-2)7(8)10;2*1-3-4-2/h5H,3-4H2,1-2H3;2*1-2H3. The van der Waals surface area contributed by atoms with Crippen LogP contribution < -0.4 is 0 Å². The highest BCUT2D eigenvalue weighted by Crippen LogP contribution is 2.22. The Bertz CT molecular complexity index is 245. The van der Waals surface area contributed by atoms with Gasteiger partial charge in [-0.2, -0.15) is 11.8 Å². The Morgan fingerprint density at radius 2 is 1.42 bits per heavy atom. The number of thioether (sulfide) groups is 1. The fourth-order valence-electron chi connectivity index (χ4n) is 1.17. The van der Waals surface area contributed by atoms with Gasteiger partial charge in [-0.3, -0.25) is 14.5 Å². The highest BCUT2D eigenvalue weighted by atomic mass is 33.1. The van der Waals surface area contributed by atoms with Crippen LogP contribution in [-0.4, -0.2) is 59.8 Å². The Kier molecular flexibility index (Phi) is 17.8. The molecule has 1 unspecified atom stereocenters. The summed E-state index contributed by atoms with van der Waals surface area (Å²) in [5.41, 5.74) is 0. The molecule has 0 spiro atoms. The first-order chi connectivity index (χ1) is 9.03. The van der Waals surface area contributed by atoms with Crippen molar-refractivity contribution in [2.24, 2.45) is 0 Å². The molecule has 1 heterocycles. The number of nitrogens with zero attached hydrogens (tertiary/aromatic N) is 1. The first-order valence-corrected chi connectivity index (χ1v) is 12.8. The van der Waals surface area contributed by atoms with Crippen LogP contribution in [0.2, 0.25) is 0 Å². The van der Waals surface area contributed by atoms with Crippen molar-refractivity contribution in [1.29, 1.82) is 0 Å². The number of rotatable bonds is 4. The SMILES string of the molecule is CCN1C(=O)CC(SC)C1=O.CSSC.CSSC. The number of hydrogen-bond acceptors (Lipinski definition) is 7. The molecule has 1 aliphatic heterocycles. The van der Waals surface area contributed by atoms with E-state index in [-0.39, 0.29) is 17.1 Å². The minimum absolute atomic E-state index is 0.0231. The van der Waals surface area contributed by atoms with Gasteiger partial charge in [-0.05, 0) is 38.2 Å². The van der Waals surface area contributed by atoms with Gasteiger partial charge in [0.1, 0.15) is 0 Å². The van der Waals surface area contributed by atoms with Gasteiger partial charge in [0, 0.05) is 13.0 Å². The van der Waals surface area contributed by atoms with Crippen LogP contribution in [0.1, 0.15) is 13.3 Å². The number of likely N-dealkylation sites (tertiary alicyclic amines) is 1. The molecule has 2 amide bonds. The van der Waals surface area contributed by atoms with Crippen molar-refractivity contribution < 1.29 is 9.59 Å². The molecule has 0 bridgehead atoms. The molecule has 3 nitrogen and oxygen atoms in total. The van der Waals surface area contributed by atoms with Crippen molar-refractivity contribution in [1.82, 2.24) is 4.90 Å². The van der Waals surface area contributed by atoms with E-state index in [1.165, 1.54) is 16.7 Å². The molecule has 0 aromatic carbocycles. The monoisotopic (exact) mass is 361 g/mol. The van der Waals surface area contributed by atoms with Crippen molar-refractivity contribution in [3.8, 4) is 0 Å². The fourth-order valence-corrected chi connectivity index (χ4v) is 1.81. The van der Waals surface area contributed by atoms with Crippen LogP contribution in [0, 0.1) is 0 Å². The molecule has 0 radical (unpaired) electrons. The predicted molar refractivity (Wildman–Crippen MR) is 98.4 cm³/mol. The highest BCUT2D eigenvalue weighted by Gasteiger charge is 2.36. The zero-order valence-electron chi connectivity index (χ0n) is 12.3. The number of carbonyl (C=O) groups is 2. The second-order valence-corrected chi connectivity index (χ2v) is 9.45. The van der Waals surface area contributed by atoms with Crippen LogP contribution in [0.3, 0.4) is 0 Å². The van der Waals surface area contributed by atoms with E-state index < -0.39 is 0 Å². The minimum atomic E-state index is -0.123. The topological polar surface area (TPSA) is 37.4 Å². The summed E-state index contributed by atoms with van der Waals surface area (Å²) in [4.78, 5) is 23.7. The average molecular weight is 362 g/mol. The minimum Gasteiger partial charge on any atom is -0.282 e. The normalized spacial score (nSPS) is 17.6. The average Bonchev–Trinajstić information content (AvgIpc) is 2.73. The number of imide groups is 1. The third-order valence-electron chi connectivity index (χ3n) is 2.14. The lowest BCUT2D eigenvalue weighted by Crippen LogP contribution is -2.30. The fraction of sp³-hybridized carbons (Fsp3) is 0.818. The van der Waals surface area contributed by atoms with Crippen LogP contribution in [0.25, 0.3) is 0 Å². The lowest BCUT2D eigenvalue weighted by molar-refractivity contribution is -0.137. The molecule has 1 aliphatic rings. The first kappa shape index (κ1) is 22.2. The largest absolute Gasteiger partial charge is 0.282 e. The Hall–Kier alpha value is 0.890. The number of carbonyl (C=O) groups excluding carboxylic acids is 2. The summed E-state index contributed by atoms with van der Waals surface area (Å²) in [5.74, 6) is -0.0538. The number of hydrogen-bond donors (Lipinski definition) is 0. The number of amides is 2. The van der Waals surface area contributed by atoms with Gasteiger partial charge in [0.15, 0.2) is 0 Å². The summed E-state index contributed by atoms with van der Waals surface area (Å²) < 4.78 is 0. The molecule has 0 aliphatic carbocycles. The molecular formula is C11H23NO2S5. The summed E-state index contributed by atoms with van der Waals surface area (Å²) in [6.07, 6.45) is 10.5. The van der Waals surface area contributed by atoms with Gasteiger partial charge < -0.3 is 0 Å². The van der Waals surface area contributed by atoms with Gasteiger partial charge in [0.05, 0.1) is 5.25 Å². The Morgan fingerprint density at radius 1 is 1.00 bits per heavy atom. The predicted octanol–water partition coefficient (Wildman–Crippen LogP) is 3.75. The van der Waals surface area contributed by atoms with E-state index in [1.807, 2.05) is 13.2 Å². The lowest BCUT2D eigenvalue weighted by Gasteiger charge is -2.09. The molecule has 0 aromatic rings. The molecule has 19 heavy (non-hydrogen) atoms. The van der Waals surface area contributed by atoms with E-state index in [1.54, 1.807) is 43.2 Å². The smallest absolute Gasteiger partial charge is 0.242 e. The molecule has 1 atom stereocenters. The van der Waals surface area contributed by atoms with E-state index in [4.69, 9.17) is 0 Å². The van der Waals surface area contributed by atoms with Gasteiger partial charge in [-0.15, -0.1) is 0 Å². The lowest BCUT2D eigenvalue weighted by atomic mass is 10.4. The van der Waals surface area contributed by atoms with Crippen LogP contribution in [-0.2, 0) is 9.59 Å². The van der Waals surface area contributed by atoms with Crippen molar-refractivity contribution >= 4 is 66.8 Å². The zero-order valence-corrected chi connectivity index (χ0v) is 16.4. The second-order valence-electron chi connectivity index (χ2n) is 3.07. The van der Waals surface area contributed by atoms with E-state index in [0.717, 1.165) is 0 Å². The molecule has 0 aromatic heterocycles. The summed E-state index contributed by atoms with van der Waals surface area (Å²) in [5, 5.41) is -0.123. The zero-order chi connectivity index (χ0) is 15.3. The molecule has 1 rings (SSSR count). The van der Waals surface area contributed by atoms with Gasteiger partial charge in [0.25, 0.3) is 0 Å². The third-order valence-corrected chi connectivity index (χ3v) is 5.74. The van der Waals surface area contributed by atoms with Gasteiger partial charge >= 0.3 is 0 Å². The Morgan fingerprint density at radius 3 is 1.58 bits per heavy atom. The van der Waals surface area contributed by atoms with Gasteiger partial charge in [0.2, 0.25) is 11.8 Å². The summed E-state index contributed by atoms with van der Waals surface area (Å²) in [6, 6.07) is 0. The van der Waals surface area contributed by atoms with E-state index >= 15 is 0 Å². The molecule has 114 valence electrons. The highest BCUT2D eigenvalue weighted by molar-refractivity contribution is 8.76. The van der Waals surface area contributed by atoms with Crippen LogP contribution in [0.15, 0.2) is 0 Å². The van der Waals surface area contributed by atoms with Crippen LogP contribution in [0.5, 0.6) is 0 Å². The van der Waals surface area contributed by atoms with Crippen molar-refractivity contribution in [2.45, 2.75) is 18.6 Å². The molecule has 0 saturated carbocycles. The van der Waals surface area contributed by atoms with Crippen molar-refractivity contribution in [3.63, 3.8) is 0 Å². The van der Waals surface area contributed by atoms with E-state index in [0.29, 0.717) is 13.0 Å². The van der Waals surface area contributed by atoms with E-state index in [9.17, 15) is 9.59 Å². The molecule has 0 N–H and O–H groups in total. The maximum atomic E-state index is 11.3. The molecular weight excluding hydrogens is 338 g/mol. The molecule has 1 fully saturated rings. The first-order valence-electron chi connectivity index (χ1n) is 5.54. The van der Waals surface area contributed by atoms with Crippen molar-refractivity contribution in [3.05, 3.63) is 0 Å². The second kappa shape index (κ2) is 15.3. The summed E-state index contributed by atoms with van der Waals surface area (Å²) in [6.45, 7) is 2.33. The van der Waals surface area contributed by atoms with Crippen LogP contribution in [0.4, 0.5) is 0 Å². The summed E-state index contributed by atoms with van der Waals surface area (Å²) in [7, 11) is 7.09. The third kappa shape index (κ3) is 10.3. The quantitative estimate of drug-likeness (QED) is 0.557. The molecule has 8 heteroatoms. The van der Waals surface area contributed by atoms with Gasteiger partial charge in [-0.1, -0.05) is 43.2 Å².